The predicted molar refractivity (Wildman–Crippen MR) is 61.7 cm³/mol. The summed E-state index contributed by atoms with van der Waals surface area (Å²) in [6.07, 6.45) is -8.58. The first-order valence-electron chi connectivity index (χ1n) is 6.06. The highest BCUT2D eigenvalue weighted by Gasteiger charge is 2.39. The van der Waals surface area contributed by atoms with Crippen molar-refractivity contribution in [3.63, 3.8) is 0 Å². The van der Waals surface area contributed by atoms with Gasteiger partial charge in [0.25, 0.3) is 0 Å². The first kappa shape index (κ1) is 16.3. The third-order valence-electron chi connectivity index (χ3n) is 2.86. The molecule has 1 aliphatic rings. The molecular weight excluding hydrogens is 318 g/mol. The van der Waals surface area contributed by atoms with Crippen LogP contribution in [0.2, 0.25) is 0 Å². The monoisotopic (exact) mass is 328 g/mol. The van der Waals surface area contributed by atoms with Gasteiger partial charge in [-0.2, -0.15) is 26.3 Å². The molecule has 0 aromatic carbocycles. The van der Waals surface area contributed by atoms with E-state index >= 15 is 0 Å². The van der Waals surface area contributed by atoms with Gasteiger partial charge in [0.2, 0.25) is 11.9 Å². The predicted octanol–water partition coefficient (Wildman–Crippen LogP) is 2.07. The summed E-state index contributed by atoms with van der Waals surface area (Å²) in [5.74, 6) is -1.12. The zero-order valence-corrected chi connectivity index (χ0v) is 10.9. The number of aromatic nitrogens is 2. The maximum Gasteiger partial charge on any atom is 0.433 e. The molecule has 0 saturated carbocycles. The molecule has 2 heterocycles. The summed E-state index contributed by atoms with van der Waals surface area (Å²) in [7, 11) is 0. The fraction of sp³-hybridized carbons (Fsp3) is 0.545. The summed E-state index contributed by atoms with van der Waals surface area (Å²) in [5, 5.41) is 2.45. The van der Waals surface area contributed by atoms with E-state index in [4.69, 9.17) is 0 Å². The second-order valence-electron chi connectivity index (χ2n) is 4.70. The molecule has 1 atom stereocenters. The van der Waals surface area contributed by atoms with Gasteiger partial charge in [0, 0.05) is 19.2 Å². The van der Waals surface area contributed by atoms with E-state index in [0.29, 0.717) is 11.0 Å². The van der Waals surface area contributed by atoms with E-state index in [1.807, 2.05) is 0 Å². The Balaban J connectivity index is 2.02. The molecule has 1 aromatic rings. The van der Waals surface area contributed by atoms with Crippen LogP contribution in [-0.4, -0.2) is 46.1 Å². The van der Waals surface area contributed by atoms with Crippen molar-refractivity contribution in [1.82, 2.24) is 14.9 Å². The number of halogens is 6. The van der Waals surface area contributed by atoms with Gasteiger partial charge < -0.3 is 10.2 Å². The summed E-state index contributed by atoms with van der Waals surface area (Å²) in [5.41, 5.74) is -1.18. The molecule has 0 spiro atoms. The summed E-state index contributed by atoms with van der Waals surface area (Å²) in [4.78, 5) is 18.8. The molecule has 1 fully saturated rings. The van der Waals surface area contributed by atoms with Crippen LogP contribution in [0.1, 0.15) is 12.1 Å². The maximum absolute atomic E-state index is 12.5. The number of amides is 1. The van der Waals surface area contributed by atoms with Gasteiger partial charge in [-0.1, -0.05) is 0 Å². The highest BCUT2D eigenvalue weighted by molar-refractivity contribution is 5.79. The molecule has 22 heavy (non-hydrogen) atoms. The van der Waals surface area contributed by atoms with E-state index < -0.39 is 36.5 Å². The normalized spacial score (nSPS) is 19.6. The van der Waals surface area contributed by atoms with Gasteiger partial charge in [-0.25, -0.2) is 9.97 Å². The molecule has 1 aromatic heterocycles. The van der Waals surface area contributed by atoms with Crippen LogP contribution >= 0.6 is 0 Å². The zero-order valence-electron chi connectivity index (χ0n) is 10.9. The van der Waals surface area contributed by atoms with Gasteiger partial charge in [-0.15, -0.1) is 0 Å². The van der Waals surface area contributed by atoms with Crippen molar-refractivity contribution in [1.29, 1.82) is 0 Å². The number of nitrogens with zero attached hydrogens (tertiary/aromatic N) is 3. The Hall–Kier alpha value is -2.07. The van der Waals surface area contributed by atoms with Gasteiger partial charge >= 0.3 is 12.4 Å². The third-order valence-corrected chi connectivity index (χ3v) is 2.86. The van der Waals surface area contributed by atoms with Gasteiger partial charge in [-0.3, -0.25) is 4.79 Å². The first-order chi connectivity index (χ1) is 10.0. The highest BCUT2D eigenvalue weighted by Crippen LogP contribution is 2.28. The molecular formula is C11H10F6N4O. The molecule has 1 amide bonds. The SMILES string of the molecule is O=C1C[C@@H](Nc2nccc(C(F)(F)F)n2)CN1CC(F)(F)F. The van der Waals surface area contributed by atoms with Crippen molar-refractivity contribution in [2.75, 3.05) is 18.4 Å². The second-order valence-corrected chi connectivity index (χ2v) is 4.70. The molecule has 122 valence electrons. The lowest BCUT2D eigenvalue weighted by Crippen LogP contribution is -2.36. The van der Waals surface area contributed by atoms with Crippen LogP contribution in [0.3, 0.4) is 0 Å². The molecule has 1 N–H and O–H groups in total. The largest absolute Gasteiger partial charge is 0.433 e. The molecule has 1 saturated heterocycles. The number of carbonyl (C=O) groups excluding carboxylic acids is 1. The number of alkyl halides is 6. The van der Waals surface area contributed by atoms with Gasteiger partial charge in [-0.05, 0) is 6.07 Å². The Bertz CT molecular complexity index is 558. The lowest BCUT2D eigenvalue weighted by Gasteiger charge is -2.18. The quantitative estimate of drug-likeness (QED) is 0.863. The molecule has 5 nitrogen and oxygen atoms in total. The lowest BCUT2D eigenvalue weighted by molar-refractivity contribution is -0.157. The number of hydrogen-bond acceptors (Lipinski definition) is 4. The second kappa shape index (κ2) is 5.61. The van der Waals surface area contributed by atoms with Crippen LogP contribution in [0.25, 0.3) is 0 Å². The molecule has 11 heteroatoms. The van der Waals surface area contributed by atoms with Crippen LogP contribution in [0, 0.1) is 0 Å². The average Bonchev–Trinajstić information content (AvgIpc) is 2.66. The molecule has 2 rings (SSSR count). The van der Waals surface area contributed by atoms with Crippen LogP contribution in [0.5, 0.6) is 0 Å². The molecule has 0 aliphatic carbocycles. The Morgan fingerprint density at radius 3 is 2.55 bits per heavy atom. The molecule has 0 radical (unpaired) electrons. The van der Waals surface area contributed by atoms with E-state index in [1.165, 1.54) is 0 Å². The molecule has 1 aliphatic heterocycles. The van der Waals surface area contributed by atoms with Crippen LogP contribution in [0.4, 0.5) is 32.3 Å². The number of likely N-dealkylation sites (tertiary alicyclic amines) is 1. The van der Waals surface area contributed by atoms with Crippen molar-refractivity contribution in [2.24, 2.45) is 0 Å². The smallest absolute Gasteiger partial charge is 0.349 e. The number of anilines is 1. The topological polar surface area (TPSA) is 58.1 Å². The summed E-state index contributed by atoms with van der Waals surface area (Å²) < 4.78 is 74.2. The number of nitrogens with one attached hydrogen (secondary N) is 1. The first-order valence-corrected chi connectivity index (χ1v) is 6.06. The van der Waals surface area contributed by atoms with Crippen molar-refractivity contribution < 1.29 is 31.1 Å². The number of hydrogen-bond donors (Lipinski definition) is 1. The van der Waals surface area contributed by atoms with E-state index in [1.54, 1.807) is 0 Å². The van der Waals surface area contributed by atoms with Crippen molar-refractivity contribution in [3.05, 3.63) is 18.0 Å². The fourth-order valence-corrected chi connectivity index (χ4v) is 2.01. The third kappa shape index (κ3) is 4.21. The molecule has 0 unspecified atom stereocenters. The van der Waals surface area contributed by atoms with Crippen LogP contribution in [-0.2, 0) is 11.0 Å². The van der Waals surface area contributed by atoms with Crippen molar-refractivity contribution >= 4 is 11.9 Å². The highest BCUT2D eigenvalue weighted by atomic mass is 19.4. The summed E-state index contributed by atoms with van der Waals surface area (Å²) in [6, 6.07) is -0.112. The van der Waals surface area contributed by atoms with Crippen LogP contribution in [0.15, 0.2) is 12.3 Å². The fourth-order valence-electron chi connectivity index (χ4n) is 2.01. The van der Waals surface area contributed by atoms with Gasteiger partial charge in [0.15, 0.2) is 0 Å². The zero-order chi connectivity index (χ0) is 16.5. The van der Waals surface area contributed by atoms with E-state index in [9.17, 15) is 31.1 Å². The minimum Gasteiger partial charge on any atom is -0.349 e. The lowest BCUT2D eigenvalue weighted by atomic mass is 10.2. The minimum atomic E-state index is -4.66. The van der Waals surface area contributed by atoms with Gasteiger partial charge in [0.1, 0.15) is 12.2 Å². The Morgan fingerprint density at radius 1 is 1.27 bits per heavy atom. The number of rotatable bonds is 3. The Morgan fingerprint density at radius 2 is 1.95 bits per heavy atom. The Labute approximate surface area is 120 Å². The van der Waals surface area contributed by atoms with Crippen LogP contribution < -0.4 is 5.32 Å². The summed E-state index contributed by atoms with van der Waals surface area (Å²) >= 11 is 0. The summed E-state index contributed by atoms with van der Waals surface area (Å²) in [6.45, 7) is -1.68. The minimum absolute atomic E-state index is 0.268. The van der Waals surface area contributed by atoms with E-state index in [-0.39, 0.29) is 18.9 Å². The van der Waals surface area contributed by atoms with E-state index in [0.717, 1.165) is 6.20 Å². The van der Waals surface area contributed by atoms with E-state index in [2.05, 4.69) is 15.3 Å². The Kier molecular flexibility index (Phi) is 4.16. The standard InChI is InChI=1S/C11H10F6N4O/c12-10(13,14)5-21-4-6(3-8(21)22)19-9-18-2-1-7(20-9)11(15,16)17/h1-2,6H,3-5H2,(H,18,19,20)/t6-/m1/s1. The average molecular weight is 328 g/mol. The van der Waals surface area contributed by atoms with Gasteiger partial charge in [0.05, 0.1) is 6.04 Å². The molecule has 0 bridgehead atoms. The number of carbonyl (C=O) groups is 1. The maximum atomic E-state index is 12.5. The van der Waals surface area contributed by atoms with Crippen molar-refractivity contribution in [2.45, 2.75) is 24.8 Å². The van der Waals surface area contributed by atoms with Crippen molar-refractivity contribution in [3.8, 4) is 0 Å².